The Morgan fingerprint density at radius 3 is 2.12 bits per heavy atom. The van der Waals surface area contributed by atoms with E-state index in [-0.39, 0.29) is 59.1 Å². The summed E-state index contributed by atoms with van der Waals surface area (Å²) in [6.07, 6.45) is 0. The maximum absolute atomic E-state index is 11.2. The number of carbonyl (C=O) groups excluding carboxylic acids is 1. The third kappa shape index (κ3) is 4.42. The molecule has 1 aromatic rings. The van der Waals surface area contributed by atoms with Gasteiger partial charge in [-0.3, -0.25) is 4.55 Å². The monoisotopic (exact) mass is 277 g/mol. The first-order chi connectivity index (χ1) is 6.75. The zero-order valence-electron chi connectivity index (χ0n) is 9.13. The summed E-state index contributed by atoms with van der Waals surface area (Å²) >= 11 is 0. The molecular weight excluding hydrogens is 272 g/mol. The van der Waals surface area contributed by atoms with E-state index >= 15 is 0 Å². The van der Waals surface area contributed by atoms with Gasteiger partial charge in [0.25, 0.3) is 10.1 Å². The van der Waals surface area contributed by atoms with Gasteiger partial charge in [0.15, 0.2) is 0 Å². The molecule has 0 saturated heterocycles. The summed E-state index contributed by atoms with van der Waals surface area (Å²) in [6.45, 7) is 0. The number of nitrogen functional groups attached to an aromatic ring is 1. The summed E-state index contributed by atoms with van der Waals surface area (Å²) in [5, 5.41) is 21.6. The molecule has 0 atom stereocenters. The molecule has 1 rings (SSSR count). The number of carbonyl (C=O) groups is 1. The summed E-state index contributed by atoms with van der Waals surface area (Å²) in [5.74, 6) is -3.23. The van der Waals surface area contributed by atoms with Crippen LogP contribution < -0.4 is 75.1 Å². The summed E-state index contributed by atoms with van der Waals surface area (Å²) < 4.78 is 30.1. The number of hydrogen-bond acceptors (Lipinski definition) is 6. The quantitative estimate of drug-likeness (QED) is 0.310. The zero-order valence-corrected chi connectivity index (χ0v) is 13.9. The Hall–Kier alpha value is 0.200. The van der Waals surface area contributed by atoms with Crippen LogP contribution in [0, 0.1) is 0 Å². The molecule has 10 heteroatoms. The molecule has 0 aliphatic carbocycles. The predicted molar refractivity (Wildman–Crippen MR) is 44.4 cm³/mol. The number of aromatic carboxylic acids is 1. The van der Waals surface area contributed by atoms with Crippen LogP contribution in [0.4, 0.5) is 5.69 Å². The molecule has 0 spiro atoms. The van der Waals surface area contributed by atoms with Gasteiger partial charge in [0, 0.05) is 0 Å². The average Bonchev–Trinajstić information content (AvgIpc) is 2.00. The largest absolute Gasteiger partial charge is 1.00 e. The van der Waals surface area contributed by atoms with Gasteiger partial charge in [0.05, 0.1) is 11.7 Å². The van der Waals surface area contributed by atoms with Crippen LogP contribution in [0.25, 0.3) is 0 Å². The van der Waals surface area contributed by atoms with Gasteiger partial charge in [-0.15, -0.1) is 0 Å². The number of rotatable bonds is 2. The van der Waals surface area contributed by atoms with Crippen LogP contribution in [0.1, 0.15) is 10.4 Å². The van der Waals surface area contributed by atoms with Gasteiger partial charge in [-0.25, -0.2) is 0 Å². The first kappa shape index (κ1) is 19.5. The third-order valence-electron chi connectivity index (χ3n) is 1.62. The molecule has 0 radical (unpaired) electrons. The van der Waals surface area contributed by atoms with Gasteiger partial charge in [0.2, 0.25) is 0 Å². The van der Waals surface area contributed by atoms with E-state index in [0.29, 0.717) is 0 Å². The molecular formula is C7H5NNa2O6S. The van der Waals surface area contributed by atoms with E-state index in [4.69, 9.17) is 10.3 Å². The zero-order chi connectivity index (χ0) is 11.8. The van der Waals surface area contributed by atoms with E-state index in [1.165, 1.54) is 0 Å². The molecule has 3 N–H and O–H groups in total. The number of carboxylic acids is 1. The molecule has 82 valence electrons. The van der Waals surface area contributed by atoms with Crippen molar-refractivity contribution in [1.29, 1.82) is 0 Å². The van der Waals surface area contributed by atoms with Crippen molar-refractivity contribution in [1.82, 2.24) is 0 Å². The minimum Gasteiger partial charge on any atom is -0.871 e. The van der Waals surface area contributed by atoms with Crippen molar-refractivity contribution in [3.63, 3.8) is 0 Å². The van der Waals surface area contributed by atoms with Gasteiger partial charge in [-0.1, -0.05) is 11.8 Å². The Labute approximate surface area is 141 Å². The summed E-state index contributed by atoms with van der Waals surface area (Å²) in [4.78, 5) is 9.23. The van der Waals surface area contributed by atoms with E-state index in [9.17, 15) is 23.4 Å². The molecule has 17 heavy (non-hydrogen) atoms. The number of carboxylic acid groups (broad SMARTS) is 1. The maximum atomic E-state index is 11.2. The minimum atomic E-state index is -4.85. The first-order valence-corrected chi connectivity index (χ1v) is 4.97. The van der Waals surface area contributed by atoms with Crippen LogP contribution in [0.5, 0.6) is 5.75 Å². The first-order valence-electron chi connectivity index (χ1n) is 3.53. The number of benzene rings is 1. The molecule has 0 unspecified atom stereocenters. The van der Waals surface area contributed by atoms with Crippen molar-refractivity contribution in [3.05, 3.63) is 17.7 Å². The van der Waals surface area contributed by atoms with Crippen LogP contribution in [-0.4, -0.2) is 18.9 Å². The van der Waals surface area contributed by atoms with Crippen LogP contribution in [0.2, 0.25) is 0 Å². The van der Waals surface area contributed by atoms with Crippen molar-refractivity contribution < 1.29 is 87.1 Å². The molecule has 0 aromatic heterocycles. The Morgan fingerprint density at radius 1 is 1.29 bits per heavy atom. The number of hydrogen-bond donors (Lipinski definition) is 2. The molecule has 0 heterocycles. The fourth-order valence-electron chi connectivity index (χ4n) is 1.00. The van der Waals surface area contributed by atoms with Crippen molar-refractivity contribution in [2.45, 2.75) is 4.90 Å². The molecule has 0 amide bonds. The van der Waals surface area contributed by atoms with Gasteiger partial charge < -0.3 is 20.7 Å². The summed E-state index contributed by atoms with van der Waals surface area (Å²) in [5.41, 5.74) is 3.73. The maximum Gasteiger partial charge on any atom is 1.00 e. The van der Waals surface area contributed by atoms with Crippen molar-refractivity contribution in [2.75, 3.05) is 5.73 Å². The fraction of sp³-hybridized carbons (Fsp3) is 0. The topological polar surface area (TPSA) is 144 Å². The molecule has 1 aromatic carbocycles. The van der Waals surface area contributed by atoms with Crippen LogP contribution in [-0.2, 0) is 10.1 Å². The Bertz CT molecular complexity index is 529. The van der Waals surface area contributed by atoms with Gasteiger partial charge >= 0.3 is 59.1 Å². The van der Waals surface area contributed by atoms with Crippen LogP contribution >= 0.6 is 0 Å². The Balaban J connectivity index is 0. The van der Waals surface area contributed by atoms with E-state index in [1.807, 2.05) is 0 Å². The molecule has 0 bridgehead atoms. The number of nitrogens with two attached hydrogens (primary N) is 1. The summed E-state index contributed by atoms with van der Waals surface area (Å²) in [6, 6.07) is 1.69. The third-order valence-corrected chi connectivity index (χ3v) is 2.56. The Kier molecular flexibility index (Phi) is 7.99. The van der Waals surface area contributed by atoms with Crippen molar-refractivity contribution in [2.24, 2.45) is 0 Å². The van der Waals surface area contributed by atoms with Gasteiger partial charge in [-0.05, 0) is 11.6 Å². The van der Waals surface area contributed by atoms with E-state index in [2.05, 4.69) is 0 Å². The fourth-order valence-corrected chi connectivity index (χ4v) is 1.71. The Morgan fingerprint density at radius 2 is 1.76 bits per heavy atom. The molecule has 0 saturated carbocycles. The second kappa shape index (κ2) is 6.95. The van der Waals surface area contributed by atoms with Crippen LogP contribution in [0.15, 0.2) is 17.0 Å². The second-order valence-electron chi connectivity index (χ2n) is 2.62. The van der Waals surface area contributed by atoms with Gasteiger partial charge in [-0.2, -0.15) is 8.42 Å². The minimum absolute atomic E-state index is 0. The average molecular weight is 277 g/mol. The molecule has 0 aliphatic heterocycles. The van der Waals surface area contributed by atoms with Crippen molar-refractivity contribution >= 4 is 21.8 Å². The SMILES string of the molecule is Nc1ccc(C(=O)[O-])c([O-])c1S(=O)(=O)O.[Na+].[Na+]. The number of anilines is 1. The second-order valence-corrected chi connectivity index (χ2v) is 3.98. The summed E-state index contributed by atoms with van der Waals surface area (Å²) in [7, 11) is -4.85. The molecule has 7 nitrogen and oxygen atoms in total. The predicted octanol–water partition coefficient (Wildman–Crippen LogP) is -8.04. The van der Waals surface area contributed by atoms with E-state index in [1.54, 1.807) is 0 Å². The van der Waals surface area contributed by atoms with Crippen LogP contribution in [0.3, 0.4) is 0 Å². The molecule has 0 aliphatic rings. The standard InChI is InChI=1S/C7H7NO6S.2Na/c8-4-2-1-3(7(10)11)5(9)6(4)15(12,13)14;;/h1-2,9H,8H2,(H,10,11)(H,12,13,14);;/q;2*+1/p-2. The van der Waals surface area contributed by atoms with Crippen molar-refractivity contribution in [3.8, 4) is 5.75 Å². The molecule has 0 fully saturated rings. The normalized spacial score (nSPS) is 9.94. The van der Waals surface area contributed by atoms with E-state index < -0.39 is 38.0 Å². The van der Waals surface area contributed by atoms with Gasteiger partial charge in [0.1, 0.15) is 4.90 Å². The smallest absolute Gasteiger partial charge is 0.871 e. The van der Waals surface area contributed by atoms with E-state index in [0.717, 1.165) is 12.1 Å².